The summed E-state index contributed by atoms with van der Waals surface area (Å²) >= 11 is 6.39. The average molecular weight is 535 g/mol. The summed E-state index contributed by atoms with van der Waals surface area (Å²) in [5.41, 5.74) is 6.72. The largest absolute Gasteiger partial charge is 0.497 e. The van der Waals surface area contributed by atoms with E-state index in [1.54, 1.807) is 14.2 Å². The zero-order valence-corrected chi connectivity index (χ0v) is 22.7. The quantitative estimate of drug-likeness (QED) is 0.224. The summed E-state index contributed by atoms with van der Waals surface area (Å²) in [5.74, 6) is 2.00. The lowest BCUT2D eigenvalue weighted by molar-refractivity contribution is 0.395. The summed E-state index contributed by atoms with van der Waals surface area (Å²) in [5, 5.41) is 8.54. The highest BCUT2D eigenvalue weighted by Gasteiger charge is 2.34. The van der Waals surface area contributed by atoms with Gasteiger partial charge in [0.2, 0.25) is 5.95 Å². The molecule has 0 fully saturated rings. The molecule has 0 saturated heterocycles. The van der Waals surface area contributed by atoms with E-state index in [1.165, 1.54) is 5.56 Å². The highest BCUT2D eigenvalue weighted by molar-refractivity contribution is 6.31. The number of ether oxygens (including phenoxy) is 2. The monoisotopic (exact) mass is 534 g/mol. The molecule has 0 radical (unpaired) electrons. The summed E-state index contributed by atoms with van der Waals surface area (Å²) in [6.45, 7) is 2.08. The van der Waals surface area contributed by atoms with Gasteiger partial charge in [0.05, 0.1) is 37.2 Å². The van der Waals surface area contributed by atoms with Crippen LogP contribution in [0.2, 0.25) is 5.02 Å². The number of methoxy groups -OCH3 is 2. The maximum atomic E-state index is 6.39. The van der Waals surface area contributed by atoms with E-state index in [0.717, 1.165) is 50.5 Å². The Kier molecular flexibility index (Phi) is 6.63. The van der Waals surface area contributed by atoms with Crippen molar-refractivity contribution in [1.82, 2.24) is 9.97 Å². The van der Waals surface area contributed by atoms with E-state index in [1.807, 2.05) is 71.7 Å². The molecular formula is C32H27ClN4O2. The van der Waals surface area contributed by atoms with Crippen LogP contribution in [0.1, 0.15) is 29.2 Å². The topological polar surface area (TPSA) is 59.8 Å². The number of benzene rings is 4. The van der Waals surface area contributed by atoms with Gasteiger partial charge in [-0.1, -0.05) is 71.8 Å². The Balaban J connectivity index is 1.56. The van der Waals surface area contributed by atoms with Crippen LogP contribution in [0.5, 0.6) is 11.5 Å². The zero-order chi connectivity index (χ0) is 26.9. The molecule has 1 aromatic heterocycles. The molecule has 0 spiro atoms. The fourth-order valence-electron chi connectivity index (χ4n) is 4.96. The lowest BCUT2D eigenvalue weighted by Gasteiger charge is -2.25. The standard InChI is InChI=1S/C32H27ClN4O2/c1-20-9-11-21(12-10-20)28-19-29(26-18-24(38-2)14-16-30(26)39-3)37(36-28)32-34-27-15-13-23(33)17-25(27)31(35-32)22-7-5-4-6-8-22/h4-18,29H,19H2,1-3H3/t29-/m1/s1. The second-order valence-corrected chi connectivity index (χ2v) is 9.92. The molecule has 39 heavy (non-hydrogen) atoms. The number of hydrazone groups is 1. The molecule has 0 saturated carbocycles. The summed E-state index contributed by atoms with van der Waals surface area (Å²) in [4.78, 5) is 10.1. The van der Waals surface area contributed by atoms with Crippen molar-refractivity contribution in [3.05, 3.63) is 113 Å². The molecule has 6 rings (SSSR count). The van der Waals surface area contributed by atoms with Gasteiger partial charge in [-0.3, -0.25) is 0 Å². The molecule has 5 aromatic rings. The minimum Gasteiger partial charge on any atom is -0.497 e. The molecule has 6 nitrogen and oxygen atoms in total. The van der Waals surface area contributed by atoms with E-state index in [2.05, 4.69) is 31.2 Å². The van der Waals surface area contributed by atoms with Gasteiger partial charge in [0.25, 0.3) is 0 Å². The molecule has 1 aliphatic rings. The van der Waals surface area contributed by atoms with E-state index in [-0.39, 0.29) is 6.04 Å². The molecule has 7 heteroatoms. The van der Waals surface area contributed by atoms with Gasteiger partial charge in [-0.2, -0.15) is 5.10 Å². The fraction of sp³-hybridized carbons (Fsp3) is 0.156. The maximum absolute atomic E-state index is 6.39. The van der Waals surface area contributed by atoms with Gasteiger partial charge in [0.15, 0.2) is 0 Å². The van der Waals surface area contributed by atoms with Gasteiger partial charge >= 0.3 is 0 Å². The number of fused-ring (bicyclic) bond motifs is 1. The highest BCUT2D eigenvalue weighted by atomic mass is 35.5. The first-order valence-corrected chi connectivity index (χ1v) is 13.1. The van der Waals surface area contributed by atoms with Crippen LogP contribution in [0.4, 0.5) is 5.95 Å². The average Bonchev–Trinajstić information content (AvgIpc) is 3.42. The minimum atomic E-state index is -0.209. The number of hydrogen-bond donors (Lipinski definition) is 0. The number of aryl methyl sites for hydroxylation is 1. The van der Waals surface area contributed by atoms with Crippen LogP contribution in [0.15, 0.2) is 96.1 Å². The van der Waals surface area contributed by atoms with Crippen LogP contribution >= 0.6 is 11.6 Å². The third-order valence-electron chi connectivity index (χ3n) is 6.99. The van der Waals surface area contributed by atoms with Crippen molar-refractivity contribution in [2.45, 2.75) is 19.4 Å². The van der Waals surface area contributed by atoms with E-state index < -0.39 is 0 Å². The summed E-state index contributed by atoms with van der Waals surface area (Å²) in [6, 6.07) is 29.8. The highest BCUT2D eigenvalue weighted by Crippen LogP contribution is 2.42. The second-order valence-electron chi connectivity index (χ2n) is 9.48. The van der Waals surface area contributed by atoms with Crippen LogP contribution < -0.4 is 14.5 Å². The van der Waals surface area contributed by atoms with Crippen LogP contribution in [0.25, 0.3) is 22.2 Å². The Labute approximate surface area is 232 Å². The lowest BCUT2D eigenvalue weighted by Crippen LogP contribution is -2.22. The van der Waals surface area contributed by atoms with Gasteiger partial charge in [-0.25, -0.2) is 15.0 Å². The molecule has 0 unspecified atom stereocenters. The van der Waals surface area contributed by atoms with Gasteiger partial charge in [0.1, 0.15) is 11.5 Å². The molecule has 0 bridgehead atoms. The maximum Gasteiger partial charge on any atom is 0.247 e. The first kappa shape index (κ1) is 24.9. The second kappa shape index (κ2) is 10.4. The smallest absolute Gasteiger partial charge is 0.247 e. The number of anilines is 1. The normalized spacial score (nSPS) is 14.9. The van der Waals surface area contributed by atoms with Crippen molar-refractivity contribution < 1.29 is 9.47 Å². The first-order chi connectivity index (χ1) is 19.0. The van der Waals surface area contributed by atoms with E-state index in [4.69, 9.17) is 36.1 Å². The SMILES string of the molecule is COc1ccc(OC)c([C@H]2CC(c3ccc(C)cc3)=NN2c2nc(-c3ccccc3)c3cc(Cl)ccc3n2)c1. The van der Waals surface area contributed by atoms with Crippen molar-refractivity contribution in [3.63, 3.8) is 0 Å². The predicted octanol–water partition coefficient (Wildman–Crippen LogP) is 7.63. The predicted molar refractivity (Wildman–Crippen MR) is 157 cm³/mol. The first-order valence-electron chi connectivity index (χ1n) is 12.7. The fourth-order valence-corrected chi connectivity index (χ4v) is 5.14. The number of rotatable bonds is 6. The van der Waals surface area contributed by atoms with Crippen molar-refractivity contribution >= 4 is 34.2 Å². The Morgan fingerprint density at radius 3 is 2.36 bits per heavy atom. The minimum absolute atomic E-state index is 0.209. The Hall–Kier alpha value is -4.42. The lowest BCUT2D eigenvalue weighted by atomic mass is 9.97. The van der Waals surface area contributed by atoms with Gasteiger partial charge in [-0.15, -0.1) is 0 Å². The van der Waals surface area contributed by atoms with Gasteiger partial charge < -0.3 is 9.47 Å². The van der Waals surface area contributed by atoms with Crippen molar-refractivity contribution in [3.8, 4) is 22.8 Å². The van der Waals surface area contributed by atoms with Gasteiger partial charge in [0, 0.05) is 28.0 Å². The zero-order valence-electron chi connectivity index (χ0n) is 21.9. The summed E-state index contributed by atoms with van der Waals surface area (Å²) < 4.78 is 11.4. The van der Waals surface area contributed by atoms with Crippen LogP contribution in [-0.4, -0.2) is 29.9 Å². The molecular weight excluding hydrogens is 508 g/mol. The van der Waals surface area contributed by atoms with E-state index in [0.29, 0.717) is 17.4 Å². The third kappa shape index (κ3) is 4.79. The van der Waals surface area contributed by atoms with Crippen molar-refractivity contribution in [2.75, 3.05) is 19.2 Å². The third-order valence-corrected chi connectivity index (χ3v) is 7.22. The summed E-state index contributed by atoms with van der Waals surface area (Å²) in [7, 11) is 3.34. The van der Waals surface area contributed by atoms with Gasteiger partial charge in [-0.05, 0) is 48.9 Å². The molecule has 1 aliphatic heterocycles. The van der Waals surface area contributed by atoms with Crippen LogP contribution in [0, 0.1) is 6.92 Å². The molecule has 194 valence electrons. The van der Waals surface area contributed by atoms with Crippen molar-refractivity contribution in [2.24, 2.45) is 5.10 Å². The Bertz CT molecular complexity index is 1690. The Morgan fingerprint density at radius 2 is 1.62 bits per heavy atom. The molecule has 2 heterocycles. The number of nitrogens with zero attached hydrogens (tertiary/aromatic N) is 4. The molecule has 4 aromatic carbocycles. The molecule has 0 aliphatic carbocycles. The molecule has 0 N–H and O–H groups in total. The van der Waals surface area contributed by atoms with Crippen molar-refractivity contribution in [1.29, 1.82) is 0 Å². The Morgan fingerprint density at radius 1 is 0.821 bits per heavy atom. The van der Waals surface area contributed by atoms with Crippen LogP contribution in [-0.2, 0) is 0 Å². The molecule has 1 atom stereocenters. The van der Waals surface area contributed by atoms with E-state index in [9.17, 15) is 0 Å². The number of halogens is 1. The number of aromatic nitrogens is 2. The summed E-state index contributed by atoms with van der Waals surface area (Å²) in [6.07, 6.45) is 0.648. The van der Waals surface area contributed by atoms with E-state index >= 15 is 0 Å². The number of hydrogen-bond acceptors (Lipinski definition) is 6. The van der Waals surface area contributed by atoms with Crippen LogP contribution in [0.3, 0.4) is 0 Å². The molecule has 0 amide bonds.